The number of halogens is 2. The molecule has 0 amide bonds. The second-order valence-corrected chi connectivity index (χ2v) is 31.6. The number of hydrogen-bond acceptors (Lipinski definition) is 0. The van der Waals surface area contributed by atoms with Crippen LogP contribution in [0, 0.1) is 0 Å². The molecule has 0 nitrogen and oxygen atoms in total. The summed E-state index contributed by atoms with van der Waals surface area (Å²) < 4.78 is 4.73. The molecule has 0 N–H and O–H groups in total. The predicted octanol–water partition coefficient (Wildman–Crippen LogP) is 7.15. The van der Waals surface area contributed by atoms with Gasteiger partial charge in [0.1, 0.15) is 0 Å². The van der Waals surface area contributed by atoms with E-state index in [1.54, 1.807) is 41.7 Å². The summed E-state index contributed by atoms with van der Waals surface area (Å²) in [4.78, 5) is 0. The first-order valence-corrected chi connectivity index (χ1v) is 26.5. The van der Waals surface area contributed by atoms with Crippen LogP contribution in [-0.4, -0.2) is 0 Å². The summed E-state index contributed by atoms with van der Waals surface area (Å²) in [6.45, 7) is 24.2. The molecule has 1 saturated heterocycles. The van der Waals surface area contributed by atoms with Gasteiger partial charge in [-0.1, -0.05) is 0 Å². The van der Waals surface area contributed by atoms with E-state index in [0.29, 0.717) is 23.7 Å². The van der Waals surface area contributed by atoms with E-state index in [0.717, 1.165) is 7.35 Å². The van der Waals surface area contributed by atoms with E-state index in [2.05, 4.69) is 106 Å². The third kappa shape index (κ3) is 6.63. The molecule has 0 radical (unpaired) electrons. The molecule has 2 aromatic carbocycles. The van der Waals surface area contributed by atoms with Gasteiger partial charge in [-0.25, -0.2) is 0 Å². The van der Waals surface area contributed by atoms with E-state index < -0.39 is 20.0 Å². The summed E-state index contributed by atoms with van der Waals surface area (Å²) in [5.74, 6) is 2.32. The van der Waals surface area contributed by atoms with Crippen LogP contribution in [0.15, 0.2) is 35.4 Å². The average Bonchev–Trinajstić information content (AvgIpc) is 3.46. The molecule has 2 aliphatic carbocycles. The molecule has 0 aromatic heterocycles. The van der Waals surface area contributed by atoms with Crippen molar-refractivity contribution in [3.05, 3.63) is 79.9 Å². The Morgan fingerprint density at radius 3 is 1.16 bits per heavy atom. The Bertz CT molecular complexity index is 1240. The largest absolute Gasteiger partial charge is 1.00 e. The molecule has 43 heavy (non-hydrogen) atoms. The van der Waals surface area contributed by atoms with Crippen LogP contribution in [0.4, 0.5) is 0 Å². The maximum Gasteiger partial charge on any atom is -1.00 e. The third-order valence-corrected chi connectivity index (χ3v) is 29.7. The molecule has 0 spiro atoms. The monoisotopic (exact) mass is 788 g/mol. The number of hydrogen-bond donors (Lipinski definition) is 0. The number of allylic oxidation sites excluding steroid dienone is 2. The van der Waals surface area contributed by atoms with Gasteiger partial charge in [0.25, 0.3) is 0 Å². The number of unbranched alkanes of at least 4 members (excludes halogenated alkanes) is 2. The fourth-order valence-corrected chi connectivity index (χ4v) is 36.9. The van der Waals surface area contributed by atoms with Gasteiger partial charge < -0.3 is 24.8 Å². The molecule has 0 saturated carbocycles. The Labute approximate surface area is 282 Å². The van der Waals surface area contributed by atoms with E-state index in [-0.39, 0.29) is 24.8 Å². The molecule has 0 bridgehead atoms. The zero-order valence-electron chi connectivity index (χ0n) is 28.8. The molecule has 5 rings (SSSR count). The van der Waals surface area contributed by atoms with Gasteiger partial charge in [-0.15, -0.1) is 0 Å². The molecule has 1 aliphatic heterocycles. The number of rotatable bonds is 12. The standard InChI is InChI=1S/2C19H27.C2H4.2ClH.Hf/c2*1-6-7-8-15-11-18-16(13(2)3)9-10-17(14(4)5)19(18)12-15;1-2;;;/h2*9-14H,6-8H2,1-5H3;1-2H2;2*1H;/q;;;;;+2/p-2. The van der Waals surface area contributed by atoms with Crippen LogP contribution in [0.25, 0.3) is 12.2 Å². The fourth-order valence-electron chi connectivity index (χ4n) is 8.63. The first kappa shape index (κ1) is 36.8. The van der Waals surface area contributed by atoms with Gasteiger partial charge in [0.2, 0.25) is 0 Å². The van der Waals surface area contributed by atoms with Crippen LogP contribution in [0.1, 0.15) is 183 Å². The van der Waals surface area contributed by atoms with Crippen molar-refractivity contribution < 1.29 is 44.8 Å². The smallest absolute Gasteiger partial charge is 1.00 e. The van der Waals surface area contributed by atoms with E-state index in [1.165, 1.54) is 38.5 Å². The zero-order chi connectivity index (χ0) is 29.6. The Morgan fingerprint density at radius 1 is 0.558 bits per heavy atom. The summed E-state index contributed by atoms with van der Waals surface area (Å²) in [5.41, 5.74) is 17.2. The molecule has 236 valence electrons. The summed E-state index contributed by atoms with van der Waals surface area (Å²) in [5, 5.41) is 0. The van der Waals surface area contributed by atoms with E-state index in [1.807, 2.05) is 22.3 Å². The van der Waals surface area contributed by atoms with Crippen molar-refractivity contribution in [3.63, 3.8) is 0 Å². The quantitative estimate of drug-likeness (QED) is 0.201. The molecule has 2 atom stereocenters. The van der Waals surface area contributed by atoms with E-state index >= 15 is 0 Å². The minimum Gasteiger partial charge on any atom is -1.00 e. The van der Waals surface area contributed by atoms with Crippen molar-refractivity contribution in [2.45, 2.75) is 147 Å². The normalized spacial score (nSPS) is 19.0. The summed E-state index contributed by atoms with van der Waals surface area (Å²) in [6, 6.07) is 10.1. The van der Waals surface area contributed by atoms with E-state index in [9.17, 15) is 0 Å². The van der Waals surface area contributed by atoms with Gasteiger partial charge in [0.05, 0.1) is 0 Å². The molecule has 2 aromatic rings. The predicted molar refractivity (Wildman–Crippen MR) is 179 cm³/mol. The Morgan fingerprint density at radius 2 is 0.884 bits per heavy atom. The molecular weight excluding hydrogens is 730 g/mol. The summed E-state index contributed by atoms with van der Waals surface area (Å²) in [6.07, 6.45) is 13.4. The van der Waals surface area contributed by atoms with Crippen LogP contribution in [-0.2, 0) is 20.0 Å². The minimum absolute atomic E-state index is 0. The topological polar surface area (TPSA) is 0 Å². The molecule has 2 unspecified atom stereocenters. The molecule has 3 aliphatic rings. The van der Waals surface area contributed by atoms with Gasteiger partial charge >= 0.3 is 259 Å². The molecule has 1 heterocycles. The Hall–Kier alpha value is -0.630. The third-order valence-electron chi connectivity index (χ3n) is 10.8. The number of fused-ring (bicyclic) bond motifs is 2. The molecular formula is C40H58Cl2Hf. The summed E-state index contributed by atoms with van der Waals surface area (Å²) >= 11 is -2.94. The fraction of sp³-hybridized carbons (Fsp3) is 0.600. The van der Waals surface area contributed by atoms with Crippen molar-refractivity contribution in [2.24, 2.45) is 0 Å². The van der Waals surface area contributed by atoms with Crippen LogP contribution in [0.3, 0.4) is 0 Å². The molecule has 1 fully saturated rings. The van der Waals surface area contributed by atoms with Crippen LogP contribution >= 0.6 is 0 Å². The second-order valence-electron chi connectivity index (χ2n) is 15.0. The molecule has 3 heteroatoms. The number of benzene rings is 2. The van der Waals surface area contributed by atoms with Gasteiger partial charge in [-0.3, -0.25) is 0 Å². The first-order chi connectivity index (χ1) is 19.6. The summed E-state index contributed by atoms with van der Waals surface area (Å²) in [7, 11) is 0. The Kier molecular flexibility index (Phi) is 12.7. The van der Waals surface area contributed by atoms with Crippen molar-refractivity contribution in [3.8, 4) is 0 Å². The van der Waals surface area contributed by atoms with Crippen molar-refractivity contribution >= 4 is 12.2 Å². The Balaban J connectivity index is 0.00000253. The maximum atomic E-state index is 2.76. The average molecular weight is 788 g/mol. The van der Waals surface area contributed by atoms with Crippen molar-refractivity contribution in [1.82, 2.24) is 0 Å². The van der Waals surface area contributed by atoms with Crippen LogP contribution < -0.4 is 24.8 Å². The van der Waals surface area contributed by atoms with Crippen LogP contribution in [0.2, 0.25) is 8.35 Å². The van der Waals surface area contributed by atoms with Crippen LogP contribution in [0.5, 0.6) is 0 Å². The van der Waals surface area contributed by atoms with Gasteiger partial charge in [-0.2, -0.15) is 0 Å². The SMILES string of the molecule is CCCCC1=Cc2c(C(C)C)ccc(C(C)C)c2[CH]1[Hf+2]1([CH]2C(CCCC)=Cc3c(C(C)C)ccc(C(C)C)c32)[CH2][CH2]1.[Cl-].[Cl-]. The van der Waals surface area contributed by atoms with Crippen molar-refractivity contribution in [2.75, 3.05) is 0 Å². The van der Waals surface area contributed by atoms with E-state index in [4.69, 9.17) is 0 Å². The van der Waals surface area contributed by atoms with Gasteiger partial charge in [0.15, 0.2) is 0 Å². The van der Waals surface area contributed by atoms with Crippen molar-refractivity contribution in [1.29, 1.82) is 0 Å². The van der Waals surface area contributed by atoms with Gasteiger partial charge in [-0.05, 0) is 0 Å². The maximum absolute atomic E-state index is 2.94. The first-order valence-electron chi connectivity index (χ1n) is 17.3. The van der Waals surface area contributed by atoms with Gasteiger partial charge in [0, 0.05) is 0 Å². The minimum atomic E-state index is -2.94. The second kappa shape index (κ2) is 14.9. The zero-order valence-corrected chi connectivity index (χ0v) is 33.9.